The molecule has 0 saturated carbocycles. The van der Waals surface area contributed by atoms with Crippen LogP contribution >= 0.6 is 11.6 Å². The normalized spacial score (nSPS) is 20.4. The van der Waals surface area contributed by atoms with Crippen LogP contribution in [0.1, 0.15) is 12.6 Å². The molecule has 4 nitrogen and oxygen atoms in total. The summed E-state index contributed by atoms with van der Waals surface area (Å²) in [6.07, 6.45) is -4.19. The van der Waals surface area contributed by atoms with Gasteiger partial charge in [-0.2, -0.15) is 18.4 Å². The summed E-state index contributed by atoms with van der Waals surface area (Å²) in [5, 5.41) is 9.18. The molecule has 114 valence electrons. The molecule has 1 aromatic heterocycles. The first-order valence-electron chi connectivity index (χ1n) is 6.42. The zero-order valence-corrected chi connectivity index (χ0v) is 12.1. The lowest BCUT2D eigenvalue weighted by Gasteiger charge is -2.40. The van der Waals surface area contributed by atoms with Crippen LogP contribution in [0.25, 0.3) is 0 Å². The molecular formula is C13H14ClF3N4. The fraction of sp³-hybridized carbons (Fsp3) is 0.538. The predicted octanol–water partition coefficient (Wildman–Crippen LogP) is 2.68. The van der Waals surface area contributed by atoms with Gasteiger partial charge in [-0.25, -0.2) is 4.98 Å². The van der Waals surface area contributed by atoms with Crippen molar-refractivity contribution in [1.82, 2.24) is 9.88 Å². The average molecular weight is 319 g/mol. The molecule has 1 atom stereocenters. The van der Waals surface area contributed by atoms with Gasteiger partial charge in [0.25, 0.3) is 0 Å². The van der Waals surface area contributed by atoms with E-state index < -0.39 is 12.7 Å². The second kappa shape index (κ2) is 6.08. The fourth-order valence-corrected chi connectivity index (χ4v) is 2.50. The molecule has 0 aliphatic carbocycles. The number of hydrogen-bond acceptors (Lipinski definition) is 4. The van der Waals surface area contributed by atoms with Gasteiger partial charge in [-0.1, -0.05) is 11.6 Å². The fourth-order valence-electron chi connectivity index (χ4n) is 2.35. The van der Waals surface area contributed by atoms with Crippen molar-refractivity contribution in [3.63, 3.8) is 0 Å². The number of nitrogens with zero attached hydrogens (tertiary/aromatic N) is 4. The maximum absolute atomic E-state index is 12.5. The maximum Gasteiger partial charge on any atom is 0.401 e. The third-order valence-corrected chi connectivity index (χ3v) is 3.71. The molecule has 1 unspecified atom stereocenters. The summed E-state index contributed by atoms with van der Waals surface area (Å²) in [6.45, 7) is 2.00. The Hall–Kier alpha value is -1.52. The molecule has 0 bridgehead atoms. The van der Waals surface area contributed by atoms with E-state index >= 15 is 0 Å². The monoisotopic (exact) mass is 318 g/mol. The van der Waals surface area contributed by atoms with Crippen molar-refractivity contribution in [3.05, 3.63) is 22.8 Å². The molecule has 1 aromatic rings. The molecule has 2 rings (SSSR count). The van der Waals surface area contributed by atoms with Crippen LogP contribution < -0.4 is 4.90 Å². The minimum Gasteiger partial charge on any atom is -0.354 e. The molecule has 2 heterocycles. The number of halogens is 4. The SMILES string of the molecule is CC1CN(c2ccc(Cl)c(C#N)n2)CCN1CC(F)(F)F. The number of nitriles is 1. The highest BCUT2D eigenvalue weighted by atomic mass is 35.5. The first-order chi connectivity index (χ1) is 9.80. The summed E-state index contributed by atoms with van der Waals surface area (Å²) < 4.78 is 37.4. The van der Waals surface area contributed by atoms with Gasteiger partial charge in [0.15, 0.2) is 5.69 Å². The van der Waals surface area contributed by atoms with E-state index in [0.717, 1.165) is 0 Å². The lowest BCUT2D eigenvalue weighted by Crippen LogP contribution is -2.54. The molecule has 0 amide bonds. The smallest absolute Gasteiger partial charge is 0.354 e. The van der Waals surface area contributed by atoms with Crippen molar-refractivity contribution < 1.29 is 13.2 Å². The van der Waals surface area contributed by atoms with Crippen LogP contribution in [-0.4, -0.2) is 48.3 Å². The van der Waals surface area contributed by atoms with Gasteiger partial charge in [0.05, 0.1) is 11.6 Å². The predicted molar refractivity (Wildman–Crippen MR) is 73.3 cm³/mol. The van der Waals surface area contributed by atoms with Gasteiger partial charge < -0.3 is 4.90 Å². The average Bonchev–Trinajstić information content (AvgIpc) is 2.40. The summed E-state index contributed by atoms with van der Waals surface area (Å²) in [6, 6.07) is 4.90. The Morgan fingerprint density at radius 3 is 2.71 bits per heavy atom. The van der Waals surface area contributed by atoms with Crippen molar-refractivity contribution in [2.75, 3.05) is 31.1 Å². The summed E-state index contributed by atoms with van der Waals surface area (Å²) in [4.78, 5) is 7.41. The topological polar surface area (TPSA) is 43.2 Å². The van der Waals surface area contributed by atoms with Crippen molar-refractivity contribution >= 4 is 17.4 Å². The Morgan fingerprint density at radius 1 is 1.43 bits per heavy atom. The highest BCUT2D eigenvalue weighted by Crippen LogP contribution is 2.24. The maximum atomic E-state index is 12.5. The van der Waals surface area contributed by atoms with Crippen LogP contribution in [0.3, 0.4) is 0 Å². The van der Waals surface area contributed by atoms with E-state index in [1.807, 2.05) is 11.0 Å². The molecule has 1 aliphatic heterocycles. The number of hydrogen-bond donors (Lipinski definition) is 0. The second-order valence-electron chi connectivity index (χ2n) is 4.99. The minimum atomic E-state index is -4.19. The number of alkyl halides is 3. The van der Waals surface area contributed by atoms with Crippen LogP contribution in [0.5, 0.6) is 0 Å². The van der Waals surface area contributed by atoms with Crippen LogP contribution in [0, 0.1) is 11.3 Å². The number of anilines is 1. The van der Waals surface area contributed by atoms with Gasteiger partial charge in [0.2, 0.25) is 0 Å². The van der Waals surface area contributed by atoms with Crippen molar-refractivity contribution in [3.8, 4) is 6.07 Å². The van der Waals surface area contributed by atoms with E-state index in [1.165, 1.54) is 4.90 Å². The van der Waals surface area contributed by atoms with E-state index in [-0.39, 0.29) is 16.8 Å². The molecule has 1 aliphatic rings. The Morgan fingerprint density at radius 2 is 2.14 bits per heavy atom. The molecule has 0 radical (unpaired) electrons. The van der Waals surface area contributed by atoms with E-state index in [2.05, 4.69) is 4.98 Å². The zero-order chi connectivity index (χ0) is 15.6. The van der Waals surface area contributed by atoms with Gasteiger partial charge in [-0.3, -0.25) is 4.90 Å². The molecule has 1 saturated heterocycles. The van der Waals surface area contributed by atoms with Crippen molar-refractivity contribution in [2.45, 2.75) is 19.1 Å². The van der Waals surface area contributed by atoms with Crippen LogP contribution in [0.2, 0.25) is 5.02 Å². The van der Waals surface area contributed by atoms with Gasteiger partial charge in [-0.05, 0) is 19.1 Å². The number of rotatable bonds is 2. The highest BCUT2D eigenvalue weighted by Gasteiger charge is 2.35. The third-order valence-electron chi connectivity index (χ3n) is 3.41. The Balaban J connectivity index is 2.07. The first-order valence-corrected chi connectivity index (χ1v) is 6.80. The van der Waals surface area contributed by atoms with Gasteiger partial charge in [0, 0.05) is 25.7 Å². The number of pyridine rings is 1. The van der Waals surface area contributed by atoms with E-state index in [0.29, 0.717) is 25.5 Å². The van der Waals surface area contributed by atoms with Gasteiger partial charge in [0.1, 0.15) is 11.9 Å². The van der Waals surface area contributed by atoms with Crippen LogP contribution in [-0.2, 0) is 0 Å². The second-order valence-corrected chi connectivity index (χ2v) is 5.40. The summed E-state index contributed by atoms with van der Waals surface area (Å²) >= 11 is 5.82. The largest absolute Gasteiger partial charge is 0.401 e. The molecule has 1 fully saturated rings. The van der Waals surface area contributed by atoms with Crippen LogP contribution in [0.15, 0.2) is 12.1 Å². The molecule has 0 N–H and O–H groups in total. The minimum absolute atomic E-state index is 0.125. The molecular weight excluding hydrogens is 305 g/mol. The molecule has 0 spiro atoms. The zero-order valence-electron chi connectivity index (χ0n) is 11.4. The van der Waals surface area contributed by atoms with E-state index in [9.17, 15) is 13.2 Å². The van der Waals surface area contributed by atoms with Gasteiger partial charge in [-0.15, -0.1) is 0 Å². The van der Waals surface area contributed by atoms with Crippen molar-refractivity contribution in [2.24, 2.45) is 0 Å². The van der Waals surface area contributed by atoms with Crippen LogP contribution in [0.4, 0.5) is 19.0 Å². The lowest BCUT2D eigenvalue weighted by atomic mass is 10.2. The third kappa shape index (κ3) is 3.99. The Labute approximate surface area is 125 Å². The highest BCUT2D eigenvalue weighted by molar-refractivity contribution is 6.31. The summed E-state index contributed by atoms with van der Waals surface area (Å²) in [5.41, 5.74) is 0.125. The Kier molecular flexibility index (Phi) is 4.59. The van der Waals surface area contributed by atoms with Crippen molar-refractivity contribution in [1.29, 1.82) is 5.26 Å². The standard InChI is InChI=1S/C13H14ClF3N4/c1-9-7-20(4-5-21(9)8-13(15,16)17)12-3-2-10(14)11(6-18)19-12/h2-3,9H,4-5,7-8H2,1H3. The summed E-state index contributed by atoms with van der Waals surface area (Å²) in [5.74, 6) is 0.564. The molecule has 0 aromatic carbocycles. The summed E-state index contributed by atoms with van der Waals surface area (Å²) in [7, 11) is 0. The first kappa shape index (κ1) is 15.9. The Bertz CT molecular complexity index is 555. The van der Waals surface area contributed by atoms with E-state index in [4.69, 9.17) is 16.9 Å². The van der Waals surface area contributed by atoms with Gasteiger partial charge >= 0.3 is 6.18 Å². The number of piperazine rings is 1. The molecule has 8 heteroatoms. The quantitative estimate of drug-likeness (QED) is 0.841. The molecule has 21 heavy (non-hydrogen) atoms. The lowest BCUT2D eigenvalue weighted by molar-refractivity contribution is -0.150. The number of aromatic nitrogens is 1. The van der Waals surface area contributed by atoms with E-state index in [1.54, 1.807) is 19.1 Å².